The Labute approximate surface area is 292 Å². The van der Waals surface area contributed by atoms with Crippen molar-refractivity contribution in [2.75, 3.05) is 4.90 Å². The maximum atomic E-state index is 6.53. The lowest BCUT2D eigenvalue weighted by molar-refractivity contribution is 0.669. The number of hydrogen-bond acceptors (Lipinski definition) is 4. The van der Waals surface area contributed by atoms with Crippen molar-refractivity contribution in [2.45, 2.75) is 0 Å². The molecular weight excluding hydrogens is 625 g/mol. The second-order valence-corrected chi connectivity index (χ2v) is 13.2. The molecule has 8 aromatic carbocycles. The molecule has 0 bridgehead atoms. The maximum absolute atomic E-state index is 6.53. The summed E-state index contributed by atoms with van der Waals surface area (Å²) in [6.07, 6.45) is 1.83. The summed E-state index contributed by atoms with van der Waals surface area (Å²) in [7, 11) is 0. The Balaban J connectivity index is 1.07. The summed E-state index contributed by atoms with van der Waals surface area (Å²) in [5.74, 6) is 0. The number of hydrogen-bond donors (Lipinski definition) is 0. The van der Waals surface area contributed by atoms with E-state index in [-0.39, 0.29) is 0 Å². The zero-order valence-corrected chi connectivity index (χ0v) is 27.4. The first kappa shape index (κ1) is 28.0. The van der Waals surface area contributed by atoms with Crippen molar-refractivity contribution in [3.05, 3.63) is 170 Å². The van der Waals surface area contributed by atoms with Crippen LogP contribution < -0.4 is 4.90 Å². The van der Waals surface area contributed by atoms with E-state index in [1.165, 1.54) is 21.5 Å². The number of pyridine rings is 1. The van der Waals surface area contributed by atoms with Crippen molar-refractivity contribution in [3.63, 3.8) is 0 Å². The van der Waals surface area contributed by atoms with Gasteiger partial charge in [-0.2, -0.15) is 0 Å². The largest absolute Gasteiger partial charge is 0.456 e. The number of rotatable bonds is 4. The molecule has 4 nitrogen and oxygen atoms in total. The third kappa shape index (κ3) is 4.50. The van der Waals surface area contributed by atoms with Crippen LogP contribution in [0.4, 0.5) is 17.1 Å². The fourth-order valence-corrected chi connectivity index (χ4v) is 7.69. The van der Waals surface area contributed by atoms with Gasteiger partial charge in [-0.3, -0.25) is 4.98 Å². The van der Waals surface area contributed by atoms with E-state index in [4.69, 9.17) is 8.83 Å². The molecule has 51 heavy (non-hydrogen) atoms. The number of aromatic nitrogens is 1. The van der Waals surface area contributed by atoms with Gasteiger partial charge >= 0.3 is 0 Å². The normalized spacial score (nSPS) is 11.9. The topological polar surface area (TPSA) is 42.4 Å². The lowest BCUT2D eigenvalue weighted by Crippen LogP contribution is -2.09. The van der Waals surface area contributed by atoms with Gasteiger partial charge in [-0.05, 0) is 112 Å². The summed E-state index contributed by atoms with van der Waals surface area (Å²) in [5.41, 5.74) is 9.78. The summed E-state index contributed by atoms with van der Waals surface area (Å²) >= 11 is 0. The van der Waals surface area contributed by atoms with Crippen LogP contribution in [0.1, 0.15) is 0 Å². The molecule has 0 spiro atoms. The summed E-state index contributed by atoms with van der Waals surface area (Å²) in [6.45, 7) is 0. The van der Waals surface area contributed by atoms with Crippen LogP contribution in [0.25, 0.3) is 87.5 Å². The van der Waals surface area contributed by atoms with Crippen molar-refractivity contribution in [1.82, 2.24) is 4.98 Å². The molecule has 3 heterocycles. The summed E-state index contributed by atoms with van der Waals surface area (Å²) in [5, 5.41) is 10.3. The molecule has 238 valence electrons. The van der Waals surface area contributed by atoms with Crippen molar-refractivity contribution in [1.29, 1.82) is 0 Å². The lowest BCUT2D eigenvalue weighted by Gasteiger charge is -2.25. The predicted molar refractivity (Wildman–Crippen MR) is 211 cm³/mol. The highest BCUT2D eigenvalue weighted by atomic mass is 16.3. The van der Waals surface area contributed by atoms with E-state index in [9.17, 15) is 0 Å². The monoisotopic (exact) mass is 652 g/mol. The van der Waals surface area contributed by atoms with Gasteiger partial charge in [-0.25, -0.2) is 0 Å². The summed E-state index contributed by atoms with van der Waals surface area (Å²) in [6, 6.07) is 57.9. The Kier molecular flexibility index (Phi) is 5.92. The predicted octanol–water partition coefficient (Wildman–Crippen LogP) is 13.5. The lowest BCUT2D eigenvalue weighted by atomic mass is 10.0. The molecule has 11 aromatic rings. The Hall–Kier alpha value is -6.91. The minimum absolute atomic E-state index is 0.848. The molecule has 3 aromatic heterocycles. The second-order valence-electron chi connectivity index (χ2n) is 13.2. The zero-order chi connectivity index (χ0) is 33.5. The molecule has 0 radical (unpaired) electrons. The van der Waals surface area contributed by atoms with Gasteiger partial charge in [0.1, 0.15) is 22.3 Å². The fourth-order valence-electron chi connectivity index (χ4n) is 7.69. The van der Waals surface area contributed by atoms with E-state index in [2.05, 4.69) is 168 Å². The number of furan rings is 2. The third-order valence-corrected chi connectivity index (χ3v) is 10.2. The highest BCUT2D eigenvalue weighted by Crippen LogP contribution is 2.42. The van der Waals surface area contributed by atoms with E-state index in [0.29, 0.717) is 0 Å². The van der Waals surface area contributed by atoms with E-state index < -0.39 is 0 Å². The summed E-state index contributed by atoms with van der Waals surface area (Å²) in [4.78, 5) is 6.78. The Bertz CT molecular complexity index is 3000. The number of nitrogens with zero attached hydrogens (tertiary/aromatic N) is 2. The van der Waals surface area contributed by atoms with Gasteiger partial charge in [0.05, 0.1) is 5.52 Å². The molecule has 0 aliphatic heterocycles. The Morgan fingerprint density at radius 3 is 1.43 bits per heavy atom. The number of anilines is 3. The fraction of sp³-hybridized carbons (Fsp3) is 0. The number of fused-ring (bicyclic) bond motifs is 9. The molecule has 0 amide bonds. The average Bonchev–Trinajstić information content (AvgIpc) is 3.72. The first-order valence-corrected chi connectivity index (χ1v) is 17.2. The molecule has 0 saturated heterocycles. The molecule has 4 heteroatoms. The van der Waals surface area contributed by atoms with Crippen LogP contribution in [0.5, 0.6) is 0 Å². The van der Waals surface area contributed by atoms with Gasteiger partial charge in [0.2, 0.25) is 0 Å². The van der Waals surface area contributed by atoms with Crippen LogP contribution in [0.15, 0.2) is 179 Å². The molecular formula is C47H28N2O2. The minimum atomic E-state index is 0.848. The summed E-state index contributed by atoms with van der Waals surface area (Å²) < 4.78 is 13.1. The van der Waals surface area contributed by atoms with Crippen LogP contribution in [0.2, 0.25) is 0 Å². The first-order valence-electron chi connectivity index (χ1n) is 17.2. The zero-order valence-electron chi connectivity index (χ0n) is 27.4. The van der Waals surface area contributed by atoms with Crippen LogP contribution >= 0.6 is 0 Å². The van der Waals surface area contributed by atoms with Gasteiger partial charge in [0, 0.05) is 62.3 Å². The van der Waals surface area contributed by atoms with E-state index in [1.54, 1.807) is 0 Å². The van der Waals surface area contributed by atoms with Crippen molar-refractivity contribution in [3.8, 4) is 11.1 Å². The van der Waals surface area contributed by atoms with E-state index in [1.807, 2.05) is 12.3 Å². The van der Waals surface area contributed by atoms with Crippen LogP contribution in [0.3, 0.4) is 0 Å². The third-order valence-electron chi connectivity index (χ3n) is 10.2. The van der Waals surface area contributed by atoms with Crippen molar-refractivity contribution >= 4 is 93.4 Å². The van der Waals surface area contributed by atoms with Gasteiger partial charge in [-0.1, -0.05) is 72.8 Å². The van der Waals surface area contributed by atoms with Crippen LogP contribution in [0, 0.1) is 0 Å². The molecule has 0 saturated carbocycles. The Morgan fingerprint density at radius 1 is 0.353 bits per heavy atom. The standard InChI is InChI=1S/C47H28N2O2/c1-3-8-32-25-44-41(23-30(32)6-1)39-18-16-37(27-46(39)50-44)49(36-14-11-29(12-15-36)34-13-20-43-35(22-34)10-5-21-48-43)38-17-19-40-42-24-31-7-2-4-9-33(31)26-45(42)51-47(40)28-38/h1-28H. The molecule has 11 rings (SSSR count). The average molecular weight is 653 g/mol. The smallest absolute Gasteiger partial charge is 0.137 e. The van der Waals surface area contributed by atoms with Gasteiger partial charge in [0.25, 0.3) is 0 Å². The molecule has 0 fully saturated rings. The van der Waals surface area contributed by atoms with Gasteiger partial charge < -0.3 is 13.7 Å². The van der Waals surface area contributed by atoms with Crippen molar-refractivity contribution < 1.29 is 8.83 Å². The van der Waals surface area contributed by atoms with Gasteiger partial charge in [-0.15, -0.1) is 0 Å². The first-order chi connectivity index (χ1) is 25.2. The molecule has 0 unspecified atom stereocenters. The number of benzene rings is 8. The maximum Gasteiger partial charge on any atom is 0.137 e. The SMILES string of the molecule is c1ccc2cc3c(cc2c1)oc1cc(N(c2ccc(-c4ccc5ncccc5c4)cc2)c2ccc4c(c2)oc2cc5ccccc5cc24)ccc13. The van der Waals surface area contributed by atoms with E-state index >= 15 is 0 Å². The van der Waals surface area contributed by atoms with Crippen molar-refractivity contribution in [2.24, 2.45) is 0 Å². The van der Waals surface area contributed by atoms with E-state index in [0.717, 1.165) is 83.0 Å². The minimum Gasteiger partial charge on any atom is -0.456 e. The molecule has 0 atom stereocenters. The molecule has 0 aliphatic carbocycles. The second kappa shape index (κ2) is 10.8. The van der Waals surface area contributed by atoms with Gasteiger partial charge in [0.15, 0.2) is 0 Å². The highest BCUT2D eigenvalue weighted by molar-refractivity contribution is 6.12. The molecule has 0 N–H and O–H groups in total. The quantitative estimate of drug-likeness (QED) is 0.190. The highest BCUT2D eigenvalue weighted by Gasteiger charge is 2.18. The van der Waals surface area contributed by atoms with Crippen LogP contribution in [-0.4, -0.2) is 4.98 Å². The molecule has 0 aliphatic rings. The van der Waals surface area contributed by atoms with Crippen LogP contribution in [-0.2, 0) is 0 Å². The Morgan fingerprint density at radius 2 is 0.843 bits per heavy atom.